The molecule has 2 fully saturated rings. The summed E-state index contributed by atoms with van der Waals surface area (Å²) < 4.78 is 0. The smallest absolute Gasteiger partial charge is 0.179 e. The van der Waals surface area contributed by atoms with Gasteiger partial charge in [-0.1, -0.05) is 6.42 Å². The van der Waals surface area contributed by atoms with Crippen molar-refractivity contribution in [1.29, 1.82) is 5.26 Å². The van der Waals surface area contributed by atoms with Gasteiger partial charge in [-0.15, -0.1) is 0 Å². The first kappa shape index (κ1) is 15.3. The summed E-state index contributed by atoms with van der Waals surface area (Å²) in [6.07, 6.45) is 8.13. The van der Waals surface area contributed by atoms with E-state index in [9.17, 15) is 15.2 Å². The average Bonchev–Trinajstić information content (AvgIpc) is 2.59. The lowest BCUT2D eigenvalue weighted by Crippen LogP contribution is -2.43. The number of allylic oxidation sites excluding steroid dienone is 1. The van der Waals surface area contributed by atoms with E-state index in [4.69, 9.17) is 0 Å². The first-order chi connectivity index (χ1) is 11.7. The SMILES string of the molecule is N#CC1=C(N2CCC3(CCC3)CC2)c2cc(CO)ncc2CC1=O. The number of hydrogen-bond donors (Lipinski definition) is 1. The van der Waals surface area contributed by atoms with Gasteiger partial charge in [0.05, 0.1) is 18.0 Å². The molecule has 2 aliphatic carbocycles. The largest absolute Gasteiger partial charge is 0.390 e. The average molecular weight is 323 g/mol. The second-order valence-electron chi connectivity index (χ2n) is 7.27. The zero-order valence-corrected chi connectivity index (χ0v) is 13.7. The number of rotatable bonds is 2. The van der Waals surface area contributed by atoms with Crippen LogP contribution in [0.3, 0.4) is 0 Å². The monoisotopic (exact) mass is 323 g/mol. The van der Waals surface area contributed by atoms with E-state index in [2.05, 4.69) is 16.0 Å². The van der Waals surface area contributed by atoms with Crippen molar-refractivity contribution in [2.75, 3.05) is 13.1 Å². The van der Waals surface area contributed by atoms with Crippen molar-refractivity contribution < 1.29 is 9.90 Å². The number of ketones is 1. The number of Topliss-reactive ketones (excluding diaryl/α,β-unsaturated/α-hetero) is 1. The maximum Gasteiger partial charge on any atom is 0.179 e. The van der Waals surface area contributed by atoms with Crippen LogP contribution in [0.2, 0.25) is 0 Å². The molecule has 124 valence electrons. The number of aliphatic hydroxyl groups is 1. The zero-order chi connectivity index (χ0) is 16.7. The summed E-state index contributed by atoms with van der Waals surface area (Å²) in [6.45, 7) is 1.65. The molecule has 0 amide bonds. The standard InChI is InChI=1S/C19H21N3O2/c20-10-16-17(24)8-13-11-21-14(12-23)9-15(13)18(16)22-6-4-19(5-7-22)2-1-3-19/h9,11,23H,1-8,12H2. The highest BCUT2D eigenvalue weighted by Gasteiger charge is 2.41. The first-order valence-corrected chi connectivity index (χ1v) is 8.67. The minimum atomic E-state index is -0.139. The highest BCUT2D eigenvalue weighted by atomic mass is 16.3. The molecule has 0 bridgehead atoms. The second kappa shape index (κ2) is 5.71. The van der Waals surface area contributed by atoms with E-state index in [-0.39, 0.29) is 24.4 Å². The Morgan fingerprint density at radius 2 is 2.04 bits per heavy atom. The van der Waals surface area contributed by atoms with Crippen molar-refractivity contribution in [3.63, 3.8) is 0 Å². The first-order valence-electron chi connectivity index (χ1n) is 8.67. The lowest BCUT2D eigenvalue weighted by Gasteiger charge is -2.49. The maximum atomic E-state index is 12.4. The van der Waals surface area contributed by atoms with E-state index >= 15 is 0 Å². The second-order valence-corrected chi connectivity index (χ2v) is 7.27. The summed E-state index contributed by atoms with van der Waals surface area (Å²) in [5, 5.41) is 18.9. The third kappa shape index (κ3) is 2.33. The van der Waals surface area contributed by atoms with Gasteiger partial charge in [0.2, 0.25) is 0 Å². The van der Waals surface area contributed by atoms with Crippen LogP contribution in [-0.2, 0) is 17.8 Å². The third-order valence-electron chi connectivity index (χ3n) is 5.99. The number of carbonyl (C=O) groups is 1. The number of pyridine rings is 1. The van der Waals surface area contributed by atoms with Gasteiger partial charge in [0, 0.05) is 31.3 Å². The molecule has 0 atom stereocenters. The highest BCUT2D eigenvalue weighted by molar-refractivity contribution is 6.09. The molecule has 24 heavy (non-hydrogen) atoms. The molecule has 0 unspecified atom stereocenters. The van der Waals surface area contributed by atoms with E-state index < -0.39 is 0 Å². The maximum absolute atomic E-state index is 12.4. The number of carbonyl (C=O) groups excluding carboxylic acids is 1. The summed E-state index contributed by atoms with van der Waals surface area (Å²) in [6, 6.07) is 3.97. The lowest BCUT2D eigenvalue weighted by molar-refractivity contribution is -0.114. The van der Waals surface area contributed by atoms with E-state index in [1.807, 2.05) is 6.07 Å². The molecular formula is C19H21N3O2. The van der Waals surface area contributed by atoms with Crippen molar-refractivity contribution >= 4 is 11.5 Å². The Balaban J connectivity index is 1.73. The van der Waals surface area contributed by atoms with Crippen molar-refractivity contribution in [2.24, 2.45) is 5.41 Å². The molecule has 1 aliphatic heterocycles. The number of hydrogen-bond acceptors (Lipinski definition) is 5. The van der Waals surface area contributed by atoms with E-state index in [0.29, 0.717) is 11.1 Å². The van der Waals surface area contributed by atoms with Gasteiger partial charge in [-0.3, -0.25) is 9.78 Å². The number of nitrogens with zero attached hydrogens (tertiary/aromatic N) is 3. The molecule has 0 aromatic carbocycles. The fraction of sp³-hybridized carbons (Fsp3) is 0.526. The number of nitriles is 1. The molecule has 1 N–H and O–H groups in total. The predicted molar refractivity (Wildman–Crippen MR) is 88.5 cm³/mol. The number of likely N-dealkylation sites (tertiary alicyclic amines) is 1. The summed E-state index contributed by atoms with van der Waals surface area (Å²) in [5.41, 5.74) is 3.87. The van der Waals surface area contributed by atoms with Crippen LogP contribution in [0.15, 0.2) is 17.8 Å². The van der Waals surface area contributed by atoms with Crippen LogP contribution in [0.25, 0.3) is 5.70 Å². The van der Waals surface area contributed by atoms with Gasteiger partial charge >= 0.3 is 0 Å². The summed E-state index contributed by atoms with van der Waals surface area (Å²) in [4.78, 5) is 18.8. The van der Waals surface area contributed by atoms with Gasteiger partial charge in [-0.25, -0.2) is 0 Å². The molecule has 0 radical (unpaired) electrons. The van der Waals surface area contributed by atoms with Gasteiger partial charge < -0.3 is 10.0 Å². The van der Waals surface area contributed by atoms with Crippen LogP contribution in [0.1, 0.15) is 48.9 Å². The van der Waals surface area contributed by atoms with Crippen LogP contribution in [0.5, 0.6) is 0 Å². The Hall–Kier alpha value is -2.19. The van der Waals surface area contributed by atoms with Crippen LogP contribution in [-0.4, -0.2) is 33.9 Å². The minimum Gasteiger partial charge on any atom is -0.390 e. The van der Waals surface area contributed by atoms with Crippen LogP contribution < -0.4 is 0 Å². The fourth-order valence-corrected chi connectivity index (χ4v) is 4.33. The summed E-state index contributed by atoms with van der Waals surface area (Å²) >= 11 is 0. The molecular weight excluding hydrogens is 302 g/mol. The van der Waals surface area contributed by atoms with E-state index in [1.54, 1.807) is 6.20 Å². The Labute approximate surface area is 141 Å². The summed E-state index contributed by atoms with van der Waals surface area (Å²) in [7, 11) is 0. The van der Waals surface area contributed by atoms with Gasteiger partial charge in [-0.2, -0.15) is 5.26 Å². The number of piperidine rings is 1. The molecule has 1 spiro atoms. The Bertz CT molecular complexity index is 761. The molecule has 1 aromatic rings. The van der Waals surface area contributed by atoms with Gasteiger partial charge in [0.1, 0.15) is 11.6 Å². The molecule has 2 heterocycles. The number of aliphatic hydroxyl groups excluding tert-OH is 1. The minimum absolute atomic E-state index is 0.123. The van der Waals surface area contributed by atoms with Crippen LogP contribution in [0.4, 0.5) is 0 Å². The molecule has 4 rings (SSSR count). The van der Waals surface area contributed by atoms with Gasteiger partial charge in [0.25, 0.3) is 0 Å². The van der Waals surface area contributed by atoms with Crippen molar-refractivity contribution in [2.45, 2.75) is 45.1 Å². The van der Waals surface area contributed by atoms with Crippen molar-refractivity contribution in [3.05, 3.63) is 34.7 Å². The van der Waals surface area contributed by atoms with Crippen molar-refractivity contribution in [3.8, 4) is 6.07 Å². The van der Waals surface area contributed by atoms with E-state index in [1.165, 1.54) is 19.3 Å². The van der Waals surface area contributed by atoms with Crippen molar-refractivity contribution in [1.82, 2.24) is 9.88 Å². The molecule has 1 aromatic heterocycles. The Morgan fingerprint density at radius 3 is 2.62 bits per heavy atom. The third-order valence-corrected chi connectivity index (χ3v) is 5.99. The van der Waals surface area contributed by atoms with Crippen LogP contribution >= 0.6 is 0 Å². The topological polar surface area (TPSA) is 77.2 Å². The molecule has 5 heteroatoms. The Kier molecular flexibility index (Phi) is 3.65. The lowest BCUT2D eigenvalue weighted by atomic mass is 9.63. The van der Waals surface area contributed by atoms with Gasteiger partial charge in [-0.05, 0) is 42.7 Å². The molecule has 1 saturated heterocycles. The number of fused-ring (bicyclic) bond motifs is 1. The quantitative estimate of drug-likeness (QED) is 0.903. The molecule has 5 nitrogen and oxygen atoms in total. The summed E-state index contributed by atoms with van der Waals surface area (Å²) in [5.74, 6) is -0.123. The normalized spacial score (nSPS) is 22.2. The highest BCUT2D eigenvalue weighted by Crippen LogP contribution is 2.50. The number of aromatic nitrogens is 1. The zero-order valence-electron chi connectivity index (χ0n) is 13.7. The van der Waals surface area contributed by atoms with Crippen LogP contribution in [0, 0.1) is 16.7 Å². The molecule has 1 saturated carbocycles. The van der Waals surface area contributed by atoms with Gasteiger partial charge in [0.15, 0.2) is 5.78 Å². The van der Waals surface area contributed by atoms with E-state index in [0.717, 1.165) is 42.8 Å². The fourth-order valence-electron chi connectivity index (χ4n) is 4.33. The molecule has 3 aliphatic rings. The predicted octanol–water partition coefficient (Wildman–Crippen LogP) is 2.20. The Morgan fingerprint density at radius 1 is 1.29 bits per heavy atom.